The Morgan fingerprint density at radius 3 is 2.11 bits per heavy atom. The third kappa shape index (κ3) is 4.60. The van der Waals surface area contributed by atoms with Crippen LogP contribution in [0.1, 0.15) is 30.4 Å². The fourth-order valence-electron chi connectivity index (χ4n) is 3.19. The Labute approximate surface area is 160 Å². The number of nitrogens with one attached hydrogen (secondary N) is 2. The summed E-state index contributed by atoms with van der Waals surface area (Å²) in [5.41, 5.74) is 2.91. The highest BCUT2D eigenvalue weighted by Crippen LogP contribution is 2.24. The fourth-order valence-corrected chi connectivity index (χ4v) is 4.39. The molecule has 1 aliphatic heterocycles. The lowest BCUT2D eigenvalue weighted by atomic mass is 10.1. The van der Waals surface area contributed by atoms with E-state index in [1.807, 2.05) is 32.0 Å². The number of amides is 2. The maximum Gasteiger partial charge on any atom is 0.321 e. The quantitative estimate of drug-likeness (QED) is 0.828. The molecule has 2 N–H and O–H groups in total. The summed E-state index contributed by atoms with van der Waals surface area (Å²) in [7, 11) is -3.70. The molecule has 7 heteroatoms. The first-order valence-corrected chi connectivity index (χ1v) is 10.6. The van der Waals surface area contributed by atoms with Gasteiger partial charge in [0.05, 0.1) is 10.6 Å². The molecule has 2 aromatic rings. The number of piperidine rings is 1. The van der Waals surface area contributed by atoms with Crippen LogP contribution in [-0.2, 0) is 10.0 Å². The van der Waals surface area contributed by atoms with Crippen LogP contribution in [0.2, 0.25) is 0 Å². The van der Waals surface area contributed by atoms with Crippen molar-refractivity contribution in [2.45, 2.75) is 38.0 Å². The van der Waals surface area contributed by atoms with Gasteiger partial charge in [0.2, 0.25) is 0 Å². The first-order valence-electron chi connectivity index (χ1n) is 9.12. The molecule has 144 valence electrons. The number of aryl methyl sites for hydroxylation is 2. The Hall–Kier alpha value is -2.54. The van der Waals surface area contributed by atoms with Crippen LogP contribution >= 0.6 is 0 Å². The van der Waals surface area contributed by atoms with E-state index in [2.05, 4.69) is 10.0 Å². The second kappa shape index (κ2) is 8.00. The largest absolute Gasteiger partial charge is 0.325 e. The molecule has 1 heterocycles. The molecule has 2 amide bonds. The van der Waals surface area contributed by atoms with Crippen molar-refractivity contribution < 1.29 is 13.2 Å². The Bertz CT molecular complexity index is 898. The van der Waals surface area contributed by atoms with Crippen molar-refractivity contribution in [1.29, 1.82) is 0 Å². The summed E-state index contributed by atoms with van der Waals surface area (Å²) in [6.45, 7) is 5.25. The minimum absolute atomic E-state index is 0.140. The predicted octanol–water partition coefficient (Wildman–Crippen LogP) is 4.12. The van der Waals surface area contributed by atoms with Gasteiger partial charge in [-0.2, -0.15) is 0 Å². The molecular formula is C20H25N3O3S. The van der Waals surface area contributed by atoms with E-state index in [0.29, 0.717) is 11.4 Å². The summed E-state index contributed by atoms with van der Waals surface area (Å²) >= 11 is 0. The molecule has 0 atom stereocenters. The Morgan fingerprint density at radius 2 is 1.52 bits per heavy atom. The number of carbonyl (C=O) groups is 1. The van der Waals surface area contributed by atoms with Crippen LogP contribution in [0.3, 0.4) is 0 Å². The number of rotatable bonds is 4. The van der Waals surface area contributed by atoms with Crippen molar-refractivity contribution in [2.24, 2.45) is 0 Å². The molecule has 0 unspecified atom stereocenters. The van der Waals surface area contributed by atoms with Gasteiger partial charge in [-0.15, -0.1) is 0 Å². The molecule has 1 saturated heterocycles. The van der Waals surface area contributed by atoms with Gasteiger partial charge in [0.25, 0.3) is 10.0 Å². The summed E-state index contributed by atoms with van der Waals surface area (Å²) < 4.78 is 28.0. The number of para-hydroxylation sites is 1. The van der Waals surface area contributed by atoms with Crippen LogP contribution in [0.25, 0.3) is 0 Å². The van der Waals surface area contributed by atoms with Crippen molar-refractivity contribution >= 4 is 27.4 Å². The van der Waals surface area contributed by atoms with Crippen LogP contribution in [0.5, 0.6) is 0 Å². The van der Waals surface area contributed by atoms with Gasteiger partial charge in [-0.05, 0) is 68.5 Å². The standard InChI is InChI=1S/C20H25N3O3S/c1-15-7-6-8-16(2)19(15)22-27(25,26)18-11-9-17(10-12-18)21-20(24)23-13-4-3-5-14-23/h6-12,22H,3-5,13-14H2,1-2H3,(H,21,24). The Balaban J connectivity index is 1.71. The van der Waals surface area contributed by atoms with Crippen LogP contribution in [0.4, 0.5) is 16.2 Å². The SMILES string of the molecule is Cc1cccc(C)c1NS(=O)(=O)c1ccc(NC(=O)N2CCCCC2)cc1. The Morgan fingerprint density at radius 1 is 0.926 bits per heavy atom. The normalized spacial score (nSPS) is 14.7. The van der Waals surface area contributed by atoms with Crippen molar-refractivity contribution in [1.82, 2.24) is 4.90 Å². The molecule has 3 rings (SSSR count). The minimum Gasteiger partial charge on any atom is -0.325 e. The van der Waals surface area contributed by atoms with Crippen molar-refractivity contribution in [3.63, 3.8) is 0 Å². The molecule has 0 aromatic heterocycles. The number of carbonyl (C=O) groups excluding carboxylic acids is 1. The number of sulfonamides is 1. The lowest BCUT2D eigenvalue weighted by Crippen LogP contribution is -2.38. The topological polar surface area (TPSA) is 78.5 Å². The second-order valence-electron chi connectivity index (χ2n) is 6.87. The summed E-state index contributed by atoms with van der Waals surface area (Å²) in [5.74, 6) is 0. The number of hydrogen-bond acceptors (Lipinski definition) is 3. The number of hydrogen-bond donors (Lipinski definition) is 2. The zero-order valence-corrected chi connectivity index (χ0v) is 16.5. The molecule has 0 spiro atoms. The van der Waals surface area contributed by atoms with Crippen molar-refractivity contribution in [3.8, 4) is 0 Å². The molecule has 6 nitrogen and oxygen atoms in total. The third-order valence-corrected chi connectivity index (χ3v) is 6.14. The average Bonchev–Trinajstić information content (AvgIpc) is 2.66. The summed E-state index contributed by atoms with van der Waals surface area (Å²) in [6, 6.07) is 11.7. The maximum atomic E-state index is 12.7. The highest BCUT2D eigenvalue weighted by Gasteiger charge is 2.18. The average molecular weight is 388 g/mol. The monoisotopic (exact) mass is 387 g/mol. The van der Waals surface area contributed by atoms with Gasteiger partial charge >= 0.3 is 6.03 Å². The van der Waals surface area contributed by atoms with Crippen molar-refractivity contribution in [3.05, 3.63) is 53.6 Å². The highest BCUT2D eigenvalue weighted by molar-refractivity contribution is 7.92. The number of nitrogens with zero attached hydrogens (tertiary/aromatic N) is 1. The van der Waals surface area contributed by atoms with Gasteiger partial charge < -0.3 is 10.2 Å². The number of benzene rings is 2. The molecular weight excluding hydrogens is 362 g/mol. The molecule has 27 heavy (non-hydrogen) atoms. The van der Waals surface area contributed by atoms with E-state index in [-0.39, 0.29) is 10.9 Å². The molecule has 0 radical (unpaired) electrons. The van der Waals surface area contributed by atoms with Gasteiger partial charge in [-0.25, -0.2) is 13.2 Å². The number of likely N-dealkylation sites (tertiary alicyclic amines) is 1. The molecule has 1 fully saturated rings. The van der Waals surface area contributed by atoms with E-state index in [1.165, 1.54) is 12.1 Å². The maximum absolute atomic E-state index is 12.7. The van der Waals surface area contributed by atoms with Crippen LogP contribution in [0.15, 0.2) is 47.4 Å². The summed E-state index contributed by atoms with van der Waals surface area (Å²) in [6.07, 6.45) is 3.20. The number of anilines is 2. The first kappa shape index (κ1) is 19.2. The molecule has 0 saturated carbocycles. The highest BCUT2D eigenvalue weighted by atomic mass is 32.2. The lowest BCUT2D eigenvalue weighted by molar-refractivity contribution is 0.200. The van der Waals surface area contributed by atoms with Gasteiger partial charge in [0.1, 0.15) is 0 Å². The van der Waals surface area contributed by atoms with E-state index < -0.39 is 10.0 Å². The Kier molecular flexibility index (Phi) is 5.70. The van der Waals surface area contributed by atoms with Crippen molar-refractivity contribution in [2.75, 3.05) is 23.1 Å². The zero-order chi connectivity index (χ0) is 19.4. The first-order chi connectivity index (χ1) is 12.9. The number of urea groups is 1. The van der Waals surface area contributed by atoms with E-state index in [4.69, 9.17) is 0 Å². The lowest BCUT2D eigenvalue weighted by Gasteiger charge is -2.26. The van der Waals surface area contributed by atoms with Gasteiger partial charge in [-0.3, -0.25) is 4.72 Å². The van der Waals surface area contributed by atoms with Gasteiger partial charge in [0.15, 0.2) is 0 Å². The van der Waals surface area contributed by atoms with Crippen LogP contribution in [-0.4, -0.2) is 32.4 Å². The summed E-state index contributed by atoms with van der Waals surface area (Å²) in [4.78, 5) is 14.2. The van der Waals surface area contributed by atoms with E-state index >= 15 is 0 Å². The van der Waals surface area contributed by atoms with Gasteiger partial charge in [0, 0.05) is 18.8 Å². The van der Waals surface area contributed by atoms with E-state index in [1.54, 1.807) is 17.0 Å². The molecule has 2 aromatic carbocycles. The zero-order valence-electron chi connectivity index (χ0n) is 15.7. The molecule has 0 aliphatic carbocycles. The third-order valence-electron chi connectivity index (χ3n) is 4.78. The van der Waals surface area contributed by atoms with Crippen LogP contribution < -0.4 is 10.0 Å². The minimum atomic E-state index is -3.70. The van der Waals surface area contributed by atoms with E-state index in [9.17, 15) is 13.2 Å². The second-order valence-corrected chi connectivity index (χ2v) is 8.56. The van der Waals surface area contributed by atoms with Gasteiger partial charge in [-0.1, -0.05) is 18.2 Å². The van der Waals surface area contributed by atoms with Crippen LogP contribution in [0, 0.1) is 13.8 Å². The molecule has 0 bridgehead atoms. The van der Waals surface area contributed by atoms with E-state index in [0.717, 1.165) is 43.5 Å². The smallest absolute Gasteiger partial charge is 0.321 e. The fraction of sp³-hybridized carbons (Fsp3) is 0.350. The molecule has 1 aliphatic rings. The predicted molar refractivity (Wildman–Crippen MR) is 108 cm³/mol. The summed E-state index contributed by atoms with van der Waals surface area (Å²) in [5, 5.41) is 2.83.